The molecule has 3 fully saturated rings. The molecule has 0 spiro atoms. The molecule has 10 nitrogen and oxygen atoms in total. The average Bonchev–Trinajstić information content (AvgIpc) is 3.73. The zero-order valence-corrected chi connectivity index (χ0v) is 37.0. The number of hydrogen-bond donors (Lipinski definition) is 2. The van der Waals surface area contributed by atoms with Crippen LogP contribution in [0.3, 0.4) is 0 Å². The molecule has 3 aliphatic heterocycles. The van der Waals surface area contributed by atoms with Crippen LogP contribution in [0.1, 0.15) is 129 Å². The number of ether oxygens (including phenoxy) is 2. The van der Waals surface area contributed by atoms with E-state index in [1.54, 1.807) is 10.8 Å². The van der Waals surface area contributed by atoms with Gasteiger partial charge in [0.2, 0.25) is 5.82 Å². The SMILES string of the molecule is CC1(C)CC=C(c2cc([C@]3(O)CC[C@]4(C)O[C@@]3(C)[C@H]3O[Si](C(C)(C)C)(C(C)(C)C)O[C@H]34)ccc2NC(=O)c2nc(C#N)cn2COCC[Si](C)(C)C)CC1. The zero-order chi connectivity index (χ0) is 39.9. The maximum atomic E-state index is 14.0. The minimum atomic E-state index is -2.87. The normalized spacial score (nSPS) is 30.4. The van der Waals surface area contributed by atoms with E-state index in [0.29, 0.717) is 25.1 Å². The van der Waals surface area contributed by atoms with Crippen molar-refractivity contribution in [2.24, 2.45) is 5.41 Å². The number of rotatable bonds is 9. The smallest absolute Gasteiger partial charge is 0.350 e. The molecule has 2 N–H and O–H groups in total. The van der Waals surface area contributed by atoms with Gasteiger partial charge in [0, 0.05) is 42.2 Å². The van der Waals surface area contributed by atoms with E-state index in [1.165, 1.54) is 0 Å². The molecule has 0 saturated carbocycles. The van der Waals surface area contributed by atoms with E-state index in [1.807, 2.05) is 25.1 Å². The number of hydrogen-bond acceptors (Lipinski definition) is 8. The Labute approximate surface area is 325 Å². The highest BCUT2D eigenvalue weighted by molar-refractivity contribution is 6.76. The van der Waals surface area contributed by atoms with Crippen molar-refractivity contribution in [2.75, 3.05) is 11.9 Å². The molecule has 1 aromatic heterocycles. The monoisotopic (exact) mass is 776 g/mol. The molecule has 1 amide bonds. The largest absolute Gasteiger partial charge is 0.385 e. The predicted molar refractivity (Wildman–Crippen MR) is 217 cm³/mol. The Bertz CT molecular complexity index is 1850. The molecule has 6 rings (SSSR count). The van der Waals surface area contributed by atoms with Gasteiger partial charge in [-0.05, 0) is 80.7 Å². The maximum absolute atomic E-state index is 14.0. The van der Waals surface area contributed by atoms with Crippen LogP contribution in [0.4, 0.5) is 5.69 Å². The van der Waals surface area contributed by atoms with E-state index in [4.69, 9.17) is 18.3 Å². The first-order valence-electron chi connectivity index (χ1n) is 19.8. The van der Waals surface area contributed by atoms with Gasteiger partial charge in [0.25, 0.3) is 5.91 Å². The van der Waals surface area contributed by atoms with Gasteiger partial charge in [-0.25, -0.2) is 4.98 Å². The van der Waals surface area contributed by atoms with Gasteiger partial charge in [-0.1, -0.05) is 87.2 Å². The molecule has 1 aromatic carbocycles. The van der Waals surface area contributed by atoms with E-state index in [9.17, 15) is 15.2 Å². The number of aliphatic hydroxyl groups is 1. The van der Waals surface area contributed by atoms with Gasteiger partial charge in [-0.3, -0.25) is 4.79 Å². The summed E-state index contributed by atoms with van der Waals surface area (Å²) in [6.07, 6.45) is 6.87. The summed E-state index contributed by atoms with van der Waals surface area (Å²) in [7, 11) is -4.18. The van der Waals surface area contributed by atoms with Crippen LogP contribution in [0.15, 0.2) is 30.5 Å². The first-order chi connectivity index (χ1) is 24.8. The molecule has 0 radical (unpaired) electrons. The molecule has 0 unspecified atom stereocenters. The second-order valence-corrected chi connectivity index (χ2v) is 31.1. The fourth-order valence-corrected chi connectivity index (χ4v) is 15.3. The molecular weight excluding hydrogens is 713 g/mol. The van der Waals surface area contributed by atoms with Crippen molar-refractivity contribution in [3.8, 4) is 6.07 Å². The van der Waals surface area contributed by atoms with Crippen molar-refractivity contribution in [3.63, 3.8) is 0 Å². The Morgan fingerprint density at radius 2 is 1.74 bits per heavy atom. The van der Waals surface area contributed by atoms with E-state index >= 15 is 0 Å². The number of imidazole rings is 1. The van der Waals surface area contributed by atoms with Crippen LogP contribution in [-0.4, -0.2) is 67.2 Å². The van der Waals surface area contributed by atoms with Crippen LogP contribution in [0.2, 0.25) is 35.8 Å². The number of benzene rings is 1. The lowest BCUT2D eigenvalue weighted by Crippen LogP contribution is -2.63. The molecule has 4 heterocycles. The zero-order valence-electron chi connectivity index (χ0n) is 35.0. The second-order valence-electron chi connectivity index (χ2n) is 20.8. The number of aromatic nitrogens is 2. The molecule has 2 bridgehead atoms. The molecular formula is C42H64N4O6Si2. The number of amides is 1. The molecule has 1 aliphatic carbocycles. The molecule has 3 saturated heterocycles. The van der Waals surface area contributed by atoms with Gasteiger partial charge >= 0.3 is 8.56 Å². The van der Waals surface area contributed by atoms with Gasteiger partial charge in [0.1, 0.15) is 36.2 Å². The lowest BCUT2D eigenvalue weighted by Gasteiger charge is -2.53. The molecule has 5 atom stereocenters. The number of nitrogens with zero attached hydrogens (tertiary/aromatic N) is 3. The Kier molecular flexibility index (Phi) is 10.2. The molecule has 12 heteroatoms. The van der Waals surface area contributed by atoms with Crippen LogP contribution in [0, 0.1) is 16.7 Å². The minimum Gasteiger partial charge on any atom is -0.385 e. The Balaban J connectivity index is 1.37. The second kappa shape index (κ2) is 13.5. The summed E-state index contributed by atoms with van der Waals surface area (Å²) < 4.78 is 29.0. The summed E-state index contributed by atoms with van der Waals surface area (Å²) in [4.78, 5) is 18.4. The van der Waals surface area contributed by atoms with Crippen molar-refractivity contribution < 1.29 is 28.2 Å². The summed E-state index contributed by atoms with van der Waals surface area (Å²) in [5, 5.41) is 25.5. The summed E-state index contributed by atoms with van der Waals surface area (Å²) in [6, 6.07) is 8.91. The van der Waals surface area contributed by atoms with Gasteiger partial charge in [0.05, 0.1) is 5.60 Å². The standard InChI is InChI=1S/C42H64N4O6Si2/c1-37(2,3)54(38(4,5)6)50-33-34(51-54)41(10)42(48,21-20-40(33,9)52-41)29-14-15-32(31(24-29)28-16-18-39(7,8)19-17-28)45-36(47)35-44-30(25-43)26-46(35)27-49-22-23-53(11,12)13/h14-16,24,26,33-34,48H,17-23,27H2,1-13H3,(H,45,47)/t33-,34+,40+,41+,42-/m1/s1. The summed E-state index contributed by atoms with van der Waals surface area (Å²) >= 11 is 0. The number of carbonyl (C=O) groups excluding carboxylic acids is 1. The van der Waals surface area contributed by atoms with Crippen molar-refractivity contribution in [1.82, 2.24) is 9.55 Å². The maximum Gasteiger partial charge on any atom is 0.350 e. The van der Waals surface area contributed by atoms with Crippen LogP contribution < -0.4 is 5.32 Å². The number of fused-ring (bicyclic) bond motifs is 5. The van der Waals surface area contributed by atoms with E-state index in [-0.39, 0.29) is 39.8 Å². The third-order valence-electron chi connectivity index (χ3n) is 12.6. The average molecular weight is 777 g/mol. The van der Waals surface area contributed by atoms with Crippen LogP contribution in [0.5, 0.6) is 0 Å². The van der Waals surface area contributed by atoms with Crippen molar-refractivity contribution in [3.05, 3.63) is 53.1 Å². The van der Waals surface area contributed by atoms with E-state index in [2.05, 4.69) is 104 Å². The van der Waals surface area contributed by atoms with Gasteiger partial charge in [-0.15, -0.1) is 0 Å². The predicted octanol–water partition coefficient (Wildman–Crippen LogP) is 9.27. The highest BCUT2D eigenvalue weighted by Crippen LogP contribution is 2.66. The first kappa shape index (κ1) is 41.0. The number of nitriles is 1. The fourth-order valence-electron chi connectivity index (χ4n) is 9.38. The molecule has 296 valence electrons. The molecule has 54 heavy (non-hydrogen) atoms. The van der Waals surface area contributed by atoms with E-state index in [0.717, 1.165) is 42.0 Å². The topological polar surface area (TPSA) is 128 Å². The minimum absolute atomic E-state index is 0.111. The summed E-state index contributed by atoms with van der Waals surface area (Å²) in [5.41, 5.74) is 0.557. The Morgan fingerprint density at radius 3 is 2.33 bits per heavy atom. The fraction of sp³-hybridized carbons (Fsp3) is 0.690. The van der Waals surface area contributed by atoms with Crippen molar-refractivity contribution in [1.29, 1.82) is 5.26 Å². The number of allylic oxidation sites excluding steroid dienone is 2. The number of anilines is 1. The quantitative estimate of drug-likeness (QED) is 0.191. The van der Waals surface area contributed by atoms with Crippen molar-refractivity contribution >= 4 is 33.8 Å². The number of nitrogens with one attached hydrogen (secondary N) is 1. The Hall–Kier alpha value is -2.64. The highest BCUT2D eigenvalue weighted by Gasteiger charge is 2.78. The number of carbonyl (C=O) groups is 1. The highest BCUT2D eigenvalue weighted by atomic mass is 28.4. The lowest BCUT2D eigenvalue weighted by molar-refractivity contribution is -0.256. The van der Waals surface area contributed by atoms with Crippen LogP contribution in [0.25, 0.3) is 5.57 Å². The van der Waals surface area contributed by atoms with Gasteiger partial charge in [-0.2, -0.15) is 5.26 Å². The third kappa shape index (κ3) is 7.01. The lowest BCUT2D eigenvalue weighted by atomic mass is 9.71. The Morgan fingerprint density at radius 1 is 1.07 bits per heavy atom. The van der Waals surface area contributed by atoms with E-state index < -0.39 is 45.4 Å². The van der Waals surface area contributed by atoms with Gasteiger partial charge < -0.3 is 33.3 Å². The summed E-state index contributed by atoms with van der Waals surface area (Å²) in [5.74, 6) is -0.320. The first-order valence-corrected chi connectivity index (χ1v) is 25.3. The third-order valence-corrected chi connectivity index (χ3v) is 19.4. The molecule has 4 aliphatic rings. The van der Waals surface area contributed by atoms with Gasteiger partial charge in [0.15, 0.2) is 5.69 Å². The van der Waals surface area contributed by atoms with Crippen molar-refractivity contribution in [2.45, 2.75) is 173 Å². The van der Waals surface area contributed by atoms with Crippen LogP contribution in [-0.2, 0) is 30.7 Å². The van der Waals surface area contributed by atoms with Crippen LogP contribution >= 0.6 is 0 Å². The summed E-state index contributed by atoms with van der Waals surface area (Å²) in [6.45, 7) is 29.5. The molecule has 2 aromatic rings.